The van der Waals surface area contributed by atoms with Crippen molar-refractivity contribution in [1.82, 2.24) is 0 Å². The number of carbonyl (C=O) groups excluding carboxylic acids is 1. The molecule has 1 heterocycles. The average molecular weight is 433 g/mol. The molecule has 0 bridgehead atoms. The van der Waals surface area contributed by atoms with Gasteiger partial charge in [0.2, 0.25) is 0 Å². The van der Waals surface area contributed by atoms with Crippen LogP contribution in [0.3, 0.4) is 0 Å². The summed E-state index contributed by atoms with van der Waals surface area (Å²) >= 11 is 3.07. The molecule has 150 valence electrons. The number of amidine groups is 1. The SMILES string of the molecule is COc1ccc(N2C(=O)C(=Cc3ccc(SC)cc3)SC2=Nc2ccccc2)cc1. The zero-order chi connectivity index (χ0) is 20.9. The van der Waals surface area contributed by atoms with Crippen LogP contribution in [0.15, 0.2) is 93.7 Å². The molecule has 1 fully saturated rings. The van der Waals surface area contributed by atoms with Crippen molar-refractivity contribution in [2.75, 3.05) is 18.3 Å². The van der Waals surface area contributed by atoms with Crippen molar-refractivity contribution in [2.24, 2.45) is 4.99 Å². The zero-order valence-electron chi connectivity index (χ0n) is 16.6. The summed E-state index contributed by atoms with van der Waals surface area (Å²) in [7, 11) is 1.62. The van der Waals surface area contributed by atoms with Crippen LogP contribution in [0.4, 0.5) is 11.4 Å². The molecule has 0 unspecified atom stereocenters. The summed E-state index contributed by atoms with van der Waals surface area (Å²) in [5.74, 6) is 0.651. The Balaban J connectivity index is 1.73. The van der Waals surface area contributed by atoms with Gasteiger partial charge in [-0.25, -0.2) is 4.99 Å². The smallest absolute Gasteiger partial charge is 0.271 e. The first kappa shape index (κ1) is 20.3. The number of carbonyl (C=O) groups is 1. The number of hydrogen-bond acceptors (Lipinski definition) is 5. The van der Waals surface area contributed by atoms with Gasteiger partial charge < -0.3 is 4.74 Å². The first-order chi connectivity index (χ1) is 14.7. The van der Waals surface area contributed by atoms with Gasteiger partial charge in [-0.15, -0.1) is 11.8 Å². The van der Waals surface area contributed by atoms with Crippen molar-refractivity contribution in [3.05, 3.63) is 89.3 Å². The van der Waals surface area contributed by atoms with Gasteiger partial charge in [-0.3, -0.25) is 9.69 Å². The number of aliphatic imine (C=N–C) groups is 1. The van der Waals surface area contributed by atoms with E-state index >= 15 is 0 Å². The fourth-order valence-corrected chi connectivity index (χ4v) is 4.38. The van der Waals surface area contributed by atoms with Gasteiger partial charge in [0.05, 0.1) is 23.4 Å². The molecule has 6 heteroatoms. The minimum atomic E-state index is -0.0891. The molecule has 0 N–H and O–H groups in total. The minimum absolute atomic E-state index is 0.0891. The summed E-state index contributed by atoms with van der Waals surface area (Å²) in [6.45, 7) is 0. The summed E-state index contributed by atoms with van der Waals surface area (Å²) < 4.78 is 5.25. The second kappa shape index (κ2) is 9.24. The Morgan fingerprint density at radius 1 is 0.967 bits per heavy atom. The number of para-hydroxylation sites is 1. The number of benzene rings is 3. The van der Waals surface area contributed by atoms with Crippen molar-refractivity contribution in [2.45, 2.75) is 4.90 Å². The van der Waals surface area contributed by atoms with E-state index in [1.165, 1.54) is 16.7 Å². The molecular weight excluding hydrogens is 412 g/mol. The van der Waals surface area contributed by atoms with E-state index in [9.17, 15) is 4.79 Å². The maximum absolute atomic E-state index is 13.3. The molecule has 30 heavy (non-hydrogen) atoms. The number of anilines is 1. The van der Waals surface area contributed by atoms with Crippen LogP contribution in [0.25, 0.3) is 6.08 Å². The quantitative estimate of drug-likeness (QED) is 0.354. The highest BCUT2D eigenvalue weighted by Crippen LogP contribution is 2.37. The minimum Gasteiger partial charge on any atom is -0.497 e. The van der Waals surface area contributed by atoms with E-state index in [-0.39, 0.29) is 5.91 Å². The lowest BCUT2D eigenvalue weighted by Gasteiger charge is -2.16. The molecule has 0 radical (unpaired) electrons. The summed E-state index contributed by atoms with van der Waals surface area (Å²) in [5, 5.41) is 0.628. The van der Waals surface area contributed by atoms with Gasteiger partial charge in [0.1, 0.15) is 5.75 Å². The number of rotatable bonds is 5. The molecule has 0 spiro atoms. The number of hydrogen-bond donors (Lipinski definition) is 0. The lowest BCUT2D eigenvalue weighted by molar-refractivity contribution is -0.113. The molecule has 0 atom stereocenters. The first-order valence-corrected chi connectivity index (χ1v) is 11.4. The summed E-state index contributed by atoms with van der Waals surface area (Å²) in [6, 6.07) is 25.2. The topological polar surface area (TPSA) is 41.9 Å². The maximum Gasteiger partial charge on any atom is 0.271 e. The molecule has 0 aromatic heterocycles. The van der Waals surface area contributed by atoms with E-state index in [2.05, 4.69) is 12.1 Å². The van der Waals surface area contributed by atoms with Crippen molar-refractivity contribution >= 4 is 52.0 Å². The molecule has 3 aromatic carbocycles. The number of amides is 1. The van der Waals surface area contributed by atoms with Crippen molar-refractivity contribution in [3.8, 4) is 5.75 Å². The molecule has 1 saturated heterocycles. The largest absolute Gasteiger partial charge is 0.497 e. The third kappa shape index (κ3) is 4.45. The number of ether oxygens (including phenoxy) is 1. The molecule has 1 amide bonds. The highest BCUT2D eigenvalue weighted by atomic mass is 32.2. The molecule has 0 aliphatic carbocycles. The van der Waals surface area contributed by atoms with Gasteiger partial charge in [0, 0.05) is 4.90 Å². The second-order valence-electron chi connectivity index (χ2n) is 6.45. The Labute approximate surface area is 184 Å². The lowest BCUT2D eigenvalue weighted by atomic mass is 10.2. The van der Waals surface area contributed by atoms with E-state index in [0.29, 0.717) is 10.1 Å². The summed E-state index contributed by atoms with van der Waals surface area (Å²) in [6.07, 6.45) is 3.96. The predicted octanol–water partition coefficient (Wildman–Crippen LogP) is 6.23. The predicted molar refractivity (Wildman–Crippen MR) is 128 cm³/mol. The van der Waals surface area contributed by atoms with Crippen molar-refractivity contribution in [3.63, 3.8) is 0 Å². The maximum atomic E-state index is 13.3. The Morgan fingerprint density at radius 3 is 2.30 bits per heavy atom. The molecule has 3 aromatic rings. The van der Waals surface area contributed by atoms with Crippen LogP contribution in [0.5, 0.6) is 5.75 Å². The van der Waals surface area contributed by atoms with E-state index in [1.807, 2.05) is 79.1 Å². The van der Waals surface area contributed by atoms with E-state index in [1.54, 1.807) is 23.8 Å². The van der Waals surface area contributed by atoms with Crippen LogP contribution in [0.1, 0.15) is 5.56 Å². The third-order valence-electron chi connectivity index (χ3n) is 4.53. The van der Waals surface area contributed by atoms with Crippen molar-refractivity contribution < 1.29 is 9.53 Å². The van der Waals surface area contributed by atoms with E-state index in [0.717, 1.165) is 22.7 Å². The van der Waals surface area contributed by atoms with Gasteiger partial charge in [0.25, 0.3) is 5.91 Å². The Bertz CT molecular complexity index is 1090. The summed E-state index contributed by atoms with van der Waals surface area (Å²) in [4.78, 5) is 21.5. The van der Waals surface area contributed by atoms with Crippen LogP contribution in [-0.2, 0) is 4.79 Å². The molecule has 0 saturated carbocycles. The van der Waals surface area contributed by atoms with Crippen LogP contribution < -0.4 is 9.64 Å². The van der Waals surface area contributed by atoms with Gasteiger partial charge in [-0.2, -0.15) is 0 Å². The number of thioether (sulfide) groups is 2. The third-order valence-corrected chi connectivity index (χ3v) is 6.24. The number of nitrogens with zero attached hydrogens (tertiary/aromatic N) is 2. The fraction of sp³-hybridized carbons (Fsp3) is 0.0833. The normalized spacial score (nSPS) is 16.5. The Hall–Kier alpha value is -2.96. The first-order valence-electron chi connectivity index (χ1n) is 9.34. The van der Waals surface area contributed by atoms with Crippen LogP contribution in [-0.4, -0.2) is 24.4 Å². The monoisotopic (exact) mass is 432 g/mol. The average Bonchev–Trinajstić information content (AvgIpc) is 3.09. The standard InChI is InChI=1S/C24H20N2O2S2/c1-28-20-12-10-19(11-13-20)26-23(27)22(16-17-8-14-21(29-2)15-9-17)30-24(26)25-18-6-4-3-5-7-18/h3-16H,1-2H3. The molecule has 4 nitrogen and oxygen atoms in total. The van der Waals surface area contributed by atoms with E-state index in [4.69, 9.17) is 9.73 Å². The molecule has 1 aliphatic rings. The second-order valence-corrected chi connectivity index (χ2v) is 8.34. The zero-order valence-corrected chi connectivity index (χ0v) is 18.2. The molecular formula is C24H20N2O2S2. The molecule has 4 rings (SSSR count). The Kier molecular flexibility index (Phi) is 6.26. The van der Waals surface area contributed by atoms with Crippen LogP contribution >= 0.6 is 23.5 Å². The van der Waals surface area contributed by atoms with Gasteiger partial charge >= 0.3 is 0 Å². The van der Waals surface area contributed by atoms with Crippen LogP contribution in [0.2, 0.25) is 0 Å². The number of methoxy groups -OCH3 is 1. The lowest BCUT2D eigenvalue weighted by Crippen LogP contribution is -2.28. The van der Waals surface area contributed by atoms with Gasteiger partial charge in [-0.1, -0.05) is 30.3 Å². The highest BCUT2D eigenvalue weighted by molar-refractivity contribution is 8.19. The highest BCUT2D eigenvalue weighted by Gasteiger charge is 2.34. The van der Waals surface area contributed by atoms with E-state index < -0.39 is 0 Å². The van der Waals surface area contributed by atoms with Gasteiger partial charge in [0.15, 0.2) is 5.17 Å². The van der Waals surface area contributed by atoms with Gasteiger partial charge in [-0.05, 0) is 78.2 Å². The molecule has 1 aliphatic heterocycles. The van der Waals surface area contributed by atoms with Crippen LogP contribution in [0, 0.1) is 0 Å². The fourth-order valence-electron chi connectivity index (χ4n) is 2.97. The van der Waals surface area contributed by atoms with Crippen molar-refractivity contribution in [1.29, 1.82) is 0 Å². The Morgan fingerprint density at radius 2 is 1.67 bits per heavy atom. The summed E-state index contributed by atoms with van der Waals surface area (Å²) in [5.41, 5.74) is 2.54.